The average molecular weight is 582 g/mol. The maximum absolute atomic E-state index is 13.0. The van der Waals surface area contributed by atoms with Crippen molar-refractivity contribution in [3.63, 3.8) is 0 Å². The van der Waals surface area contributed by atoms with Crippen LogP contribution in [0.2, 0.25) is 0 Å². The Morgan fingerprint density at radius 1 is 1.00 bits per heavy atom. The molecular formula is C34H39N5O4. The highest BCUT2D eigenvalue weighted by Gasteiger charge is 2.22. The number of carboxylic acid groups (broad SMARTS) is 1. The second-order valence-corrected chi connectivity index (χ2v) is 10.9. The van der Waals surface area contributed by atoms with Crippen LogP contribution in [0.1, 0.15) is 47.3 Å². The van der Waals surface area contributed by atoms with Gasteiger partial charge in [-0.2, -0.15) is 0 Å². The third kappa shape index (κ3) is 8.75. The molecule has 5 rings (SSSR count). The normalized spacial score (nSPS) is 13.2. The molecule has 0 saturated carbocycles. The van der Waals surface area contributed by atoms with Gasteiger partial charge in [0.25, 0.3) is 5.91 Å². The first-order valence-electron chi connectivity index (χ1n) is 15.1. The van der Waals surface area contributed by atoms with Crippen molar-refractivity contribution < 1.29 is 19.4 Å². The number of nitrogens with one attached hydrogen (secondary N) is 2. The van der Waals surface area contributed by atoms with Crippen molar-refractivity contribution in [3.05, 3.63) is 95.8 Å². The van der Waals surface area contributed by atoms with Gasteiger partial charge < -0.3 is 20.5 Å². The molecule has 1 aliphatic heterocycles. The summed E-state index contributed by atoms with van der Waals surface area (Å²) in [4.78, 5) is 36.4. The number of pyridine rings is 2. The molecule has 9 nitrogen and oxygen atoms in total. The van der Waals surface area contributed by atoms with Crippen LogP contribution >= 0.6 is 0 Å². The van der Waals surface area contributed by atoms with Gasteiger partial charge in [0.1, 0.15) is 24.2 Å². The van der Waals surface area contributed by atoms with E-state index in [1.807, 2.05) is 36.4 Å². The second-order valence-electron chi connectivity index (χ2n) is 10.9. The standard InChI is InChI=1S/C34H39N5O4/c40-33(27-14-16-30-26(24-27)9-7-18-35-30)38-31(34(41)42)17-21-39(22-23-43-29-11-2-1-3-12-29)20-5-4-10-28-15-13-25-8-6-19-36-32(25)37-28/h1-3,7,9,11-16,18,24,31H,4-6,8,10,17,19-23H2,(H,36,37)(H,38,40)(H,41,42)/t31-/m0/s1. The molecule has 9 heteroatoms. The van der Waals surface area contributed by atoms with Crippen molar-refractivity contribution in [2.75, 3.05) is 38.1 Å². The third-order valence-electron chi connectivity index (χ3n) is 7.73. The summed E-state index contributed by atoms with van der Waals surface area (Å²) >= 11 is 0. The molecule has 3 heterocycles. The molecule has 0 fully saturated rings. The molecule has 0 radical (unpaired) electrons. The zero-order chi connectivity index (χ0) is 29.9. The van der Waals surface area contributed by atoms with Crippen molar-refractivity contribution in [1.82, 2.24) is 20.2 Å². The van der Waals surface area contributed by atoms with E-state index in [0.29, 0.717) is 25.3 Å². The first-order chi connectivity index (χ1) is 21.0. The Kier molecular flexibility index (Phi) is 10.5. The first kappa shape index (κ1) is 30.0. The van der Waals surface area contributed by atoms with Crippen LogP contribution in [0, 0.1) is 0 Å². The molecule has 4 aromatic rings. The van der Waals surface area contributed by atoms with Crippen molar-refractivity contribution >= 4 is 28.6 Å². The van der Waals surface area contributed by atoms with E-state index >= 15 is 0 Å². The van der Waals surface area contributed by atoms with Gasteiger partial charge in [-0.15, -0.1) is 0 Å². The highest BCUT2D eigenvalue weighted by Crippen LogP contribution is 2.20. The lowest BCUT2D eigenvalue weighted by molar-refractivity contribution is -0.139. The number of amides is 1. The number of benzene rings is 2. The van der Waals surface area contributed by atoms with Gasteiger partial charge in [0.05, 0.1) is 5.52 Å². The Morgan fingerprint density at radius 2 is 1.88 bits per heavy atom. The summed E-state index contributed by atoms with van der Waals surface area (Å²) in [6.45, 7) is 3.41. The van der Waals surface area contributed by atoms with Crippen LogP contribution < -0.4 is 15.4 Å². The number of aryl methyl sites for hydroxylation is 2. The Morgan fingerprint density at radius 3 is 2.74 bits per heavy atom. The van der Waals surface area contributed by atoms with E-state index in [2.05, 4.69) is 32.7 Å². The molecule has 0 aliphatic carbocycles. The number of rotatable bonds is 15. The van der Waals surface area contributed by atoms with Crippen molar-refractivity contribution in [2.24, 2.45) is 0 Å². The van der Waals surface area contributed by atoms with Crippen molar-refractivity contribution in [1.29, 1.82) is 0 Å². The molecule has 0 spiro atoms. The molecule has 2 aromatic heterocycles. The number of para-hydroxylation sites is 1. The summed E-state index contributed by atoms with van der Waals surface area (Å²) in [5.74, 6) is 0.355. The van der Waals surface area contributed by atoms with Crippen LogP contribution in [0.3, 0.4) is 0 Å². The largest absolute Gasteiger partial charge is 0.492 e. The van der Waals surface area contributed by atoms with E-state index in [4.69, 9.17) is 9.72 Å². The molecule has 3 N–H and O–H groups in total. The first-order valence-corrected chi connectivity index (χ1v) is 15.1. The fraction of sp³-hybridized carbons (Fsp3) is 0.353. The molecule has 0 saturated heterocycles. The van der Waals surface area contributed by atoms with Crippen LogP contribution in [0.5, 0.6) is 5.75 Å². The van der Waals surface area contributed by atoms with Crippen LogP contribution in [0.4, 0.5) is 5.82 Å². The highest BCUT2D eigenvalue weighted by molar-refractivity contribution is 5.99. The number of fused-ring (bicyclic) bond motifs is 2. The fourth-order valence-electron chi connectivity index (χ4n) is 5.32. The number of carboxylic acids is 1. The number of carbonyl (C=O) groups excluding carboxylic acids is 1. The van der Waals surface area contributed by atoms with Gasteiger partial charge in [0, 0.05) is 42.5 Å². The van der Waals surface area contributed by atoms with Gasteiger partial charge in [-0.1, -0.05) is 30.3 Å². The number of unbranched alkanes of at least 4 members (excludes halogenated alkanes) is 1. The van der Waals surface area contributed by atoms with E-state index in [1.54, 1.807) is 30.5 Å². The minimum Gasteiger partial charge on any atom is -0.492 e. The SMILES string of the molecule is O=C(N[C@@H](CCN(CCCCc1ccc2c(n1)NCCC2)CCOc1ccccc1)C(=O)O)c1ccc2ncccc2c1. The van der Waals surface area contributed by atoms with E-state index < -0.39 is 17.9 Å². The zero-order valence-electron chi connectivity index (χ0n) is 24.4. The van der Waals surface area contributed by atoms with Crippen molar-refractivity contribution in [3.8, 4) is 5.75 Å². The topological polar surface area (TPSA) is 117 Å². The van der Waals surface area contributed by atoms with Crippen LogP contribution in [-0.4, -0.2) is 70.7 Å². The average Bonchev–Trinajstić information content (AvgIpc) is 3.04. The Balaban J connectivity index is 1.15. The quantitative estimate of drug-likeness (QED) is 0.169. The fourth-order valence-corrected chi connectivity index (χ4v) is 5.32. The Bertz CT molecular complexity index is 1510. The van der Waals surface area contributed by atoms with E-state index in [-0.39, 0.29) is 6.42 Å². The molecular weight excluding hydrogens is 542 g/mol. The zero-order valence-corrected chi connectivity index (χ0v) is 24.4. The van der Waals surface area contributed by atoms with Gasteiger partial charge in [-0.3, -0.25) is 14.7 Å². The number of ether oxygens (including phenoxy) is 1. The number of aliphatic carboxylic acids is 1. The number of hydrogen-bond donors (Lipinski definition) is 3. The number of aromatic nitrogens is 2. The summed E-state index contributed by atoms with van der Waals surface area (Å²) in [7, 11) is 0. The molecule has 224 valence electrons. The van der Waals surface area contributed by atoms with Crippen LogP contribution in [-0.2, 0) is 17.6 Å². The lowest BCUT2D eigenvalue weighted by Gasteiger charge is -2.24. The molecule has 1 atom stereocenters. The maximum atomic E-state index is 13.0. The monoisotopic (exact) mass is 581 g/mol. The summed E-state index contributed by atoms with van der Waals surface area (Å²) < 4.78 is 5.93. The summed E-state index contributed by atoms with van der Waals surface area (Å²) in [5, 5.41) is 16.9. The maximum Gasteiger partial charge on any atom is 0.326 e. The van der Waals surface area contributed by atoms with Gasteiger partial charge in [-0.05, 0) is 93.1 Å². The Hall–Kier alpha value is -4.50. The van der Waals surface area contributed by atoms with Crippen LogP contribution in [0.25, 0.3) is 10.9 Å². The minimum absolute atomic E-state index is 0.277. The molecule has 0 unspecified atom stereocenters. The van der Waals surface area contributed by atoms with Crippen molar-refractivity contribution in [2.45, 2.75) is 44.6 Å². The van der Waals surface area contributed by atoms with Gasteiger partial charge in [0.2, 0.25) is 0 Å². The molecule has 1 amide bonds. The Labute approximate surface area is 252 Å². The van der Waals surface area contributed by atoms with Gasteiger partial charge >= 0.3 is 5.97 Å². The number of nitrogens with zero attached hydrogens (tertiary/aromatic N) is 3. The number of hydrogen-bond acceptors (Lipinski definition) is 7. The lowest BCUT2D eigenvalue weighted by Crippen LogP contribution is -2.43. The van der Waals surface area contributed by atoms with Gasteiger partial charge in [0.15, 0.2) is 0 Å². The molecule has 1 aliphatic rings. The molecule has 0 bridgehead atoms. The third-order valence-corrected chi connectivity index (χ3v) is 7.73. The summed E-state index contributed by atoms with van der Waals surface area (Å²) in [6.07, 6.45) is 6.99. The van der Waals surface area contributed by atoms with E-state index in [9.17, 15) is 14.7 Å². The van der Waals surface area contributed by atoms with E-state index in [0.717, 1.165) is 73.4 Å². The highest BCUT2D eigenvalue weighted by atomic mass is 16.5. The number of anilines is 1. The molecule has 2 aromatic carbocycles. The second kappa shape index (κ2) is 15.1. The predicted octanol–water partition coefficient (Wildman–Crippen LogP) is 4.96. The van der Waals surface area contributed by atoms with Gasteiger partial charge in [-0.25, -0.2) is 9.78 Å². The van der Waals surface area contributed by atoms with Crippen LogP contribution in [0.15, 0.2) is 79.0 Å². The smallest absolute Gasteiger partial charge is 0.326 e. The summed E-state index contributed by atoms with van der Waals surface area (Å²) in [6, 6.07) is 21.8. The predicted molar refractivity (Wildman–Crippen MR) is 168 cm³/mol. The number of carbonyl (C=O) groups is 2. The minimum atomic E-state index is -1.05. The summed E-state index contributed by atoms with van der Waals surface area (Å²) in [5.41, 5.74) is 3.56. The van der Waals surface area contributed by atoms with E-state index in [1.165, 1.54) is 5.56 Å². The molecule has 43 heavy (non-hydrogen) atoms. The lowest BCUT2D eigenvalue weighted by atomic mass is 10.1.